The maximum atomic E-state index is 11.6. The fourth-order valence-electron chi connectivity index (χ4n) is 1.65. The molecule has 0 heterocycles. The Labute approximate surface area is 90.1 Å². The van der Waals surface area contributed by atoms with Gasteiger partial charge in [-0.3, -0.25) is 9.52 Å². The second kappa shape index (κ2) is 6.30. The molecule has 14 heavy (non-hydrogen) atoms. The van der Waals surface area contributed by atoms with E-state index in [1.165, 1.54) is 31.2 Å². The number of carbonyl (C=O) groups excluding carboxylic acids is 1. The van der Waals surface area contributed by atoms with Gasteiger partial charge in [0.15, 0.2) is 0 Å². The van der Waals surface area contributed by atoms with Gasteiger partial charge in [0.1, 0.15) is 6.10 Å². The fourth-order valence-corrected chi connectivity index (χ4v) is 1.98. The van der Waals surface area contributed by atoms with E-state index in [9.17, 15) is 4.79 Å². The minimum absolute atomic E-state index is 0.0197. The number of hydrogen-bond acceptors (Lipinski definition) is 3. The molecule has 1 rings (SSSR count). The molecular formula is C10H19NO2S. The van der Waals surface area contributed by atoms with Crippen LogP contribution in [0.2, 0.25) is 0 Å². The molecule has 1 aliphatic carbocycles. The Morgan fingerprint density at radius 2 is 2.36 bits per heavy atom. The summed E-state index contributed by atoms with van der Waals surface area (Å²) in [6, 6.07) is 0. The summed E-state index contributed by atoms with van der Waals surface area (Å²) in [6.07, 6.45) is 6.34. The average Bonchev–Trinajstić information content (AvgIpc) is 2.09. The molecule has 1 aliphatic rings. The first-order valence-electron chi connectivity index (χ1n) is 5.22. The Morgan fingerprint density at radius 3 is 2.79 bits per heavy atom. The Balaban J connectivity index is 2.32. The molecule has 1 amide bonds. The molecule has 1 fully saturated rings. The molecule has 0 aromatic carbocycles. The van der Waals surface area contributed by atoms with Crippen molar-refractivity contribution in [2.45, 2.75) is 38.7 Å². The highest BCUT2D eigenvalue weighted by Crippen LogP contribution is 2.31. The van der Waals surface area contributed by atoms with E-state index in [1.807, 2.05) is 13.2 Å². The van der Waals surface area contributed by atoms with Crippen molar-refractivity contribution in [1.82, 2.24) is 4.72 Å². The Bertz CT molecular complexity index is 183. The van der Waals surface area contributed by atoms with Gasteiger partial charge in [-0.05, 0) is 19.3 Å². The molecule has 0 bridgehead atoms. The molecule has 0 aromatic rings. The van der Waals surface area contributed by atoms with Crippen molar-refractivity contribution in [1.29, 1.82) is 0 Å². The topological polar surface area (TPSA) is 38.3 Å². The van der Waals surface area contributed by atoms with Crippen LogP contribution >= 0.6 is 11.9 Å². The molecule has 0 spiro atoms. The van der Waals surface area contributed by atoms with Gasteiger partial charge in [0.05, 0.1) is 0 Å². The molecular weight excluding hydrogens is 198 g/mol. The minimum Gasteiger partial charge on any atom is -0.369 e. The van der Waals surface area contributed by atoms with Crippen molar-refractivity contribution >= 4 is 17.9 Å². The van der Waals surface area contributed by atoms with Gasteiger partial charge in [0.25, 0.3) is 5.91 Å². The van der Waals surface area contributed by atoms with E-state index < -0.39 is 0 Å². The molecule has 82 valence electrons. The highest BCUT2D eigenvalue weighted by atomic mass is 32.2. The van der Waals surface area contributed by atoms with Gasteiger partial charge in [-0.15, -0.1) is 0 Å². The third-order valence-corrected chi connectivity index (χ3v) is 3.04. The standard InChI is InChI=1S/C10H19NO2S/c1-3-13-9(10(12)11-14-2)7-8-5-4-6-8/h8-9H,3-7H2,1-2H3,(H,11,12). The van der Waals surface area contributed by atoms with E-state index in [0.29, 0.717) is 12.5 Å². The zero-order valence-electron chi connectivity index (χ0n) is 8.91. The number of hydrogen-bond donors (Lipinski definition) is 1. The summed E-state index contributed by atoms with van der Waals surface area (Å²) in [7, 11) is 0. The predicted molar refractivity (Wildman–Crippen MR) is 59.0 cm³/mol. The summed E-state index contributed by atoms with van der Waals surface area (Å²) >= 11 is 1.34. The normalized spacial score (nSPS) is 18.7. The van der Waals surface area contributed by atoms with Crippen LogP contribution in [-0.4, -0.2) is 24.9 Å². The molecule has 1 unspecified atom stereocenters. The van der Waals surface area contributed by atoms with E-state index in [1.54, 1.807) is 0 Å². The van der Waals surface area contributed by atoms with Crippen LogP contribution in [0.3, 0.4) is 0 Å². The second-order valence-electron chi connectivity index (χ2n) is 3.65. The summed E-state index contributed by atoms with van der Waals surface area (Å²) in [5.41, 5.74) is 0. The first kappa shape index (κ1) is 11.9. The van der Waals surface area contributed by atoms with Crippen LogP contribution in [0, 0.1) is 5.92 Å². The zero-order chi connectivity index (χ0) is 10.4. The number of nitrogens with one attached hydrogen (secondary N) is 1. The lowest BCUT2D eigenvalue weighted by Crippen LogP contribution is -2.35. The van der Waals surface area contributed by atoms with Gasteiger partial charge in [0, 0.05) is 12.9 Å². The molecule has 3 nitrogen and oxygen atoms in total. The molecule has 1 atom stereocenters. The molecule has 0 radical (unpaired) electrons. The Kier molecular flexibility index (Phi) is 5.33. The van der Waals surface area contributed by atoms with Crippen molar-refractivity contribution in [2.75, 3.05) is 12.9 Å². The lowest BCUT2D eigenvalue weighted by Gasteiger charge is -2.28. The third kappa shape index (κ3) is 3.50. The van der Waals surface area contributed by atoms with Gasteiger partial charge in [-0.25, -0.2) is 0 Å². The molecule has 4 heteroatoms. The molecule has 1 N–H and O–H groups in total. The smallest absolute Gasteiger partial charge is 0.258 e. The van der Waals surface area contributed by atoms with E-state index >= 15 is 0 Å². The highest BCUT2D eigenvalue weighted by Gasteiger charge is 2.26. The van der Waals surface area contributed by atoms with Gasteiger partial charge in [-0.1, -0.05) is 31.2 Å². The Hall–Kier alpha value is -0.220. The van der Waals surface area contributed by atoms with Gasteiger partial charge < -0.3 is 4.74 Å². The molecule has 0 aliphatic heterocycles. The van der Waals surface area contributed by atoms with Gasteiger partial charge in [-0.2, -0.15) is 0 Å². The van der Waals surface area contributed by atoms with Gasteiger partial charge >= 0.3 is 0 Å². The van der Waals surface area contributed by atoms with E-state index in [4.69, 9.17) is 4.74 Å². The highest BCUT2D eigenvalue weighted by molar-refractivity contribution is 7.97. The average molecular weight is 217 g/mol. The van der Waals surface area contributed by atoms with E-state index in [-0.39, 0.29) is 12.0 Å². The molecule has 0 saturated heterocycles. The number of rotatable bonds is 6. The van der Waals surface area contributed by atoms with E-state index in [2.05, 4.69) is 4.72 Å². The maximum absolute atomic E-state index is 11.6. The van der Waals surface area contributed by atoms with Crippen LogP contribution in [-0.2, 0) is 9.53 Å². The number of amides is 1. The Morgan fingerprint density at radius 1 is 1.64 bits per heavy atom. The van der Waals surface area contributed by atoms with Crippen molar-refractivity contribution in [3.63, 3.8) is 0 Å². The molecule has 1 saturated carbocycles. The largest absolute Gasteiger partial charge is 0.369 e. The van der Waals surface area contributed by atoms with Crippen LogP contribution in [0.15, 0.2) is 0 Å². The van der Waals surface area contributed by atoms with Crippen molar-refractivity contribution < 1.29 is 9.53 Å². The van der Waals surface area contributed by atoms with Crippen LogP contribution in [0.25, 0.3) is 0 Å². The first-order valence-corrected chi connectivity index (χ1v) is 6.44. The van der Waals surface area contributed by atoms with Crippen LogP contribution < -0.4 is 4.72 Å². The maximum Gasteiger partial charge on any atom is 0.258 e. The molecule has 0 aromatic heterocycles. The van der Waals surface area contributed by atoms with E-state index in [0.717, 1.165) is 6.42 Å². The predicted octanol–water partition coefficient (Wildman–Crippen LogP) is 1.98. The van der Waals surface area contributed by atoms with Crippen molar-refractivity contribution in [3.8, 4) is 0 Å². The third-order valence-electron chi connectivity index (χ3n) is 2.64. The van der Waals surface area contributed by atoms with Crippen molar-refractivity contribution in [2.24, 2.45) is 5.92 Å². The summed E-state index contributed by atoms with van der Waals surface area (Å²) in [5, 5.41) is 0. The quantitative estimate of drug-likeness (QED) is 0.691. The number of ether oxygens (including phenoxy) is 1. The minimum atomic E-state index is -0.238. The lowest BCUT2D eigenvalue weighted by atomic mass is 9.81. The monoisotopic (exact) mass is 217 g/mol. The number of carbonyl (C=O) groups is 1. The SMILES string of the molecule is CCOC(CC1CCC1)C(=O)NSC. The zero-order valence-corrected chi connectivity index (χ0v) is 9.73. The summed E-state index contributed by atoms with van der Waals surface area (Å²) in [6.45, 7) is 2.54. The lowest BCUT2D eigenvalue weighted by molar-refractivity contribution is -0.132. The van der Waals surface area contributed by atoms with Crippen LogP contribution in [0.1, 0.15) is 32.6 Å². The second-order valence-corrected chi connectivity index (χ2v) is 4.26. The van der Waals surface area contributed by atoms with Crippen molar-refractivity contribution in [3.05, 3.63) is 0 Å². The van der Waals surface area contributed by atoms with Gasteiger partial charge in [0.2, 0.25) is 0 Å². The summed E-state index contributed by atoms with van der Waals surface area (Å²) in [5.74, 6) is 0.727. The summed E-state index contributed by atoms with van der Waals surface area (Å²) in [4.78, 5) is 11.6. The first-order chi connectivity index (χ1) is 6.77. The fraction of sp³-hybridized carbons (Fsp3) is 0.900. The van der Waals surface area contributed by atoms with Crippen LogP contribution in [0.5, 0.6) is 0 Å². The van der Waals surface area contributed by atoms with Crippen LogP contribution in [0.4, 0.5) is 0 Å². The summed E-state index contributed by atoms with van der Waals surface area (Å²) < 4.78 is 8.17.